The summed E-state index contributed by atoms with van der Waals surface area (Å²) in [6.07, 6.45) is 4.96. The molecule has 1 unspecified atom stereocenters. The first kappa shape index (κ1) is 17.5. The summed E-state index contributed by atoms with van der Waals surface area (Å²) in [6.45, 7) is 6.27. The van der Waals surface area contributed by atoms with Crippen LogP contribution in [0.3, 0.4) is 0 Å². The Bertz CT molecular complexity index is 738. The fourth-order valence-corrected chi connectivity index (χ4v) is 4.33. The van der Waals surface area contributed by atoms with Crippen LogP contribution in [-0.2, 0) is 20.1 Å². The molecule has 0 amide bonds. The van der Waals surface area contributed by atoms with Gasteiger partial charge in [0, 0.05) is 26.1 Å². The van der Waals surface area contributed by atoms with Crippen molar-refractivity contribution in [3.05, 3.63) is 41.5 Å². The van der Waals surface area contributed by atoms with E-state index in [1.54, 1.807) is 6.07 Å². The van der Waals surface area contributed by atoms with E-state index in [1.807, 2.05) is 12.1 Å². The molecule has 0 saturated carbocycles. The van der Waals surface area contributed by atoms with Gasteiger partial charge < -0.3 is 9.67 Å². The molecular weight excluding hydrogens is 326 g/mol. The van der Waals surface area contributed by atoms with Crippen molar-refractivity contribution in [2.45, 2.75) is 44.7 Å². The lowest BCUT2D eigenvalue weighted by Gasteiger charge is -2.32. The van der Waals surface area contributed by atoms with Crippen molar-refractivity contribution in [3.8, 4) is 5.75 Å². The lowest BCUT2D eigenvalue weighted by atomic mass is 9.96. The summed E-state index contributed by atoms with van der Waals surface area (Å²) in [5.74, 6) is 2.99. The molecule has 2 fully saturated rings. The highest BCUT2D eigenvalue weighted by Crippen LogP contribution is 2.27. The molecule has 6 heteroatoms. The molecule has 2 aliphatic rings. The van der Waals surface area contributed by atoms with Gasteiger partial charge in [-0.3, -0.25) is 9.80 Å². The van der Waals surface area contributed by atoms with Gasteiger partial charge in [0.15, 0.2) is 0 Å². The number of piperidine rings is 1. The molecule has 2 aliphatic heterocycles. The molecule has 0 aliphatic carbocycles. The molecular formula is C20H29N5O. The van der Waals surface area contributed by atoms with Crippen LogP contribution >= 0.6 is 0 Å². The second-order valence-corrected chi connectivity index (χ2v) is 7.76. The van der Waals surface area contributed by atoms with Gasteiger partial charge in [-0.15, -0.1) is 10.2 Å². The van der Waals surface area contributed by atoms with Gasteiger partial charge in [-0.05, 0) is 63.0 Å². The standard InChI is InChI=1S/C20H29N5O/c1-23-19(15-24-9-2-3-10-24)21-22-20(23)17-7-5-11-25(14-17)13-16-6-4-8-18(26)12-16/h4,6,8,12,17,26H,2-3,5,7,9-11,13-15H2,1H3. The van der Waals surface area contributed by atoms with E-state index in [-0.39, 0.29) is 0 Å². The summed E-state index contributed by atoms with van der Waals surface area (Å²) >= 11 is 0. The molecule has 1 aromatic heterocycles. The first-order chi connectivity index (χ1) is 12.7. The van der Waals surface area contributed by atoms with Gasteiger partial charge in [-0.1, -0.05) is 12.1 Å². The Morgan fingerprint density at radius 2 is 1.85 bits per heavy atom. The van der Waals surface area contributed by atoms with E-state index < -0.39 is 0 Å². The zero-order valence-corrected chi connectivity index (χ0v) is 15.6. The zero-order valence-electron chi connectivity index (χ0n) is 15.6. The summed E-state index contributed by atoms with van der Waals surface area (Å²) in [6, 6.07) is 7.59. The van der Waals surface area contributed by atoms with Crippen molar-refractivity contribution >= 4 is 0 Å². The molecule has 2 saturated heterocycles. The van der Waals surface area contributed by atoms with Crippen molar-refractivity contribution in [3.63, 3.8) is 0 Å². The molecule has 1 aromatic carbocycles. The minimum Gasteiger partial charge on any atom is -0.508 e. The highest BCUT2D eigenvalue weighted by molar-refractivity contribution is 5.27. The Kier molecular flexibility index (Phi) is 5.22. The molecule has 0 bridgehead atoms. The molecule has 26 heavy (non-hydrogen) atoms. The average molecular weight is 355 g/mol. The number of phenols is 1. The van der Waals surface area contributed by atoms with Crippen LogP contribution in [0, 0.1) is 0 Å². The van der Waals surface area contributed by atoms with E-state index in [1.165, 1.54) is 44.3 Å². The number of likely N-dealkylation sites (tertiary alicyclic amines) is 2. The maximum Gasteiger partial charge on any atom is 0.146 e. The van der Waals surface area contributed by atoms with Crippen LogP contribution in [0.2, 0.25) is 0 Å². The number of aromatic hydroxyl groups is 1. The van der Waals surface area contributed by atoms with E-state index in [4.69, 9.17) is 0 Å². The summed E-state index contributed by atoms with van der Waals surface area (Å²) in [7, 11) is 2.12. The fourth-order valence-electron chi connectivity index (χ4n) is 4.33. The molecule has 140 valence electrons. The lowest BCUT2D eigenvalue weighted by Crippen LogP contribution is -2.35. The second-order valence-electron chi connectivity index (χ2n) is 7.76. The summed E-state index contributed by atoms with van der Waals surface area (Å²) < 4.78 is 2.22. The maximum absolute atomic E-state index is 9.68. The van der Waals surface area contributed by atoms with Crippen LogP contribution in [0.15, 0.2) is 24.3 Å². The van der Waals surface area contributed by atoms with E-state index in [9.17, 15) is 5.11 Å². The van der Waals surface area contributed by atoms with E-state index in [0.717, 1.165) is 37.8 Å². The Hall–Kier alpha value is -1.92. The Morgan fingerprint density at radius 1 is 1.04 bits per heavy atom. The van der Waals surface area contributed by atoms with E-state index >= 15 is 0 Å². The highest BCUT2D eigenvalue weighted by Gasteiger charge is 2.26. The van der Waals surface area contributed by atoms with Gasteiger partial charge in [-0.25, -0.2) is 0 Å². The average Bonchev–Trinajstić information content (AvgIpc) is 3.26. The number of phenolic OH excluding ortho intramolecular Hbond substituents is 1. The summed E-state index contributed by atoms with van der Waals surface area (Å²) in [4.78, 5) is 4.95. The minimum atomic E-state index is 0.343. The third kappa shape index (κ3) is 3.91. The van der Waals surface area contributed by atoms with Gasteiger partial charge in [0.2, 0.25) is 0 Å². The number of hydrogen-bond donors (Lipinski definition) is 1. The number of nitrogens with zero attached hydrogens (tertiary/aromatic N) is 5. The Morgan fingerprint density at radius 3 is 2.65 bits per heavy atom. The normalized spacial score (nSPS) is 22.1. The van der Waals surface area contributed by atoms with Gasteiger partial charge >= 0.3 is 0 Å². The molecule has 2 aromatic rings. The van der Waals surface area contributed by atoms with Crippen molar-refractivity contribution in [1.82, 2.24) is 24.6 Å². The molecule has 1 N–H and O–H groups in total. The van der Waals surface area contributed by atoms with E-state index in [2.05, 4.69) is 37.7 Å². The van der Waals surface area contributed by atoms with Gasteiger partial charge in [0.1, 0.15) is 17.4 Å². The molecule has 1 atom stereocenters. The van der Waals surface area contributed by atoms with Crippen molar-refractivity contribution < 1.29 is 5.11 Å². The number of rotatable bonds is 5. The van der Waals surface area contributed by atoms with E-state index in [0.29, 0.717) is 11.7 Å². The van der Waals surface area contributed by atoms with Crippen LogP contribution in [0.1, 0.15) is 48.8 Å². The predicted molar refractivity (Wildman–Crippen MR) is 101 cm³/mol. The lowest BCUT2D eigenvalue weighted by molar-refractivity contribution is 0.194. The number of aromatic nitrogens is 3. The topological polar surface area (TPSA) is 57.4 Å². The summed E-state index contributed by atoms with van der Waals surface area (Å²) in [5.41, 5.74) is 1.17. The van der Waals surface area contributed by atoms with Crippen LogP contribution < -0.4 is 0 Å². The van der Waals surface area contributed by atoms with Gasteiger partial charge in [-0.2, -0.15) is 0 Å². The minimum absolute atomic E-state index is 0.343. The van der Waals surface area contributed by atoms with Crippen LogP contribution in [0.25, 0.3) is 0 Å². The molecule has 0 radical (unpaired) electrons. The highest BCUT2D eigenvalue weighted by atomic mass is 16.3. The number of hydrogen-bond acceptors (Lipinski definition) is 5. The van der Waals surface area contributed by atoms with Crippen LogP contribution in [-0.4, -0.2) is 55.8 Å². The molecule has 6 nitrogen and oxygen atoms in total. The third-order valence-corrected chi connectivity index (χ3v) is 5.75. The zero-order chi connectivity index (χ0) is 17.9. The van der Waals surface area contributed by atoms with Gasteiger partial charge in [0.05, 0.1) is 6.54 Å². The fraction of sp³-hybridized carbons (Fsp3) is 0.600. The molecule has 3 heterocycles. The van der Waals surface area contributed by atoms with Gasteiger partial charge in [0.25, 0.3) is 0 Å². The predicted octanol–water partition coefficient (Wildman–Crippen LogP) is 2.50. The van der Waals surface area contributed by atoms with Crippen LogP contribution in [0.5, 0.6) is 5.75 Å². The summed E-state index contributed by atoms with van der Waals surface area (Å²) in [5, 5.41) is 18.7. The first-order valence-corrected chi connectivity index (χ1v) is 9.80. The van der Waals surface area contributed by atoms with Crippen molar-refractivity contribution in [2.24, 2.45) is 7.05 Å². The Labute approximate surface area is 155 Å². The third-order valence-electron chi connectivity index (χ3n) is 5.75. The largest absolute Gasteiger partial charge is 0.508 e. The second kappa shape index (κ2) is 7.76. The van der Waals surface area contributed by atoms with Crippen molar-refractivity contribution in [2.75, 3.05) is 26.2 Å². The quantitative estimate of drug-likeness (QED) is 0.893. The Balaban J connectivity index is 1.41. The van der Waals surface area contributed by atoms with Crippen LogP contribution in [0.4, 0.5) is 0 Å². The first-order valence-electron chi connectivity index (χ1n) is 9.80. The monoisotopic (exact) mass is 355 g/mol. The molecule has 4 rings (SSSR count). The maximum atomic E-state index is 9.68. The smallest absolute Gasteiger partial charge is 0.146 e. The SMILES string of the molecule is Cn1c(CN2CCCC2)nnc1C1CCCN(Cc2cccc(O)c2)C1. The molecule has 0 spiro atoms. The van der Waals surface area contributed by atoms with Crippen molar-refractivity contribution in [1.29, 1.82) is 0 Å². The number of benzene rings is 1.